The molecule has 0 aromatic carbocycles. The minimum absolute atomic E-state index is 0.112. The van der Waals surface area contributed by atoms with Crippen molar-refractivity contribution in [1.82, 2.24) is 0 Å². The molecule has 10 atom stereocenters. The van der Waals surface area contributed by atoms with E-state index >= 15 is 0 Å². The Morgan fingerprint density at radius 3 is 1.52 bits per heavy atom. The molecule has 0 N–H and O–H groups in total. The highest BCUT2D eigenvalue weighted by molar-refractivity contribution is 4.97. The number of unbranched alkanes of at least 4 members (excludes halogenated alkanes) is 4. The molecule has 1 saturated carbocycles. The maximum Gasteiger partial charge on any atom is 0.186 e. The Bertz CT molecular complexity index is 774. The molecule has 3 rings (SSSR count). The van der Waals surface area contributed by atoms with Crippen molar-refractivity contribution in [1.29, 1.82) is 0 Å². The second kappa shape index (κ2) is 28.8. The van der Waals surface area contributed by atoms with Gasteiger partial charge in [0.1, 0.15) is 36.6 Å². The minimum atomic E-state index is -0.667. The van der Waals surface area contributed by atoms with E-state index in [1.807, 2.05) is 0 Å². The molecule has 0 unspecified atom stereocenters. The first-order valence-corrected chi connectivity index (χ1v) is 20.3. The zero-order chi connectivity index (χ0) is 37.2. The van der Waals surface area contributed by atoms with Crippen molar-refractivity contribution in [2.24, 2.45) is 5.92 Å². The van der Waals surface area contributed by atoms with Crippen LogP contribution in [-0.2, 0) is 61.6 Å². The van der Waals surface area contributed by atoms with E-state index in [1.165, 1.54) is 0 Å². The second-order valence-corrected chi connectivity index (χ2v) is 13.8. The second-order valence-electron chi connectivity index (χ2n) is 13.8. The molecule has 2 heterocycles. The van der Waals surface area contributed by atoms with E-state index < -0.39 is 24.6 Å². The van der Waals surface area contributed by atoms with Crippen LogP contribution in [0.25, 0.3) is 0 Å². The number of hydrogen-bond acceptors (Lipinski definition) is 13. The molecule has 0 aromatic heterocycles. The van der Waals surface area contributed by atoms with Crippen molar-refractivity contribution in [2.45, 2.75) is 141 Å². The van der Waals surface area contributed by atoms with Gasteiger partial charge in [-0.1, -0.05) is 53.4 Å². The zero-order valence-corrected chi connectivity index (χ0v) is 33.3. The molecule has 3 fully saturated rings. The Balaban J connectivity index is 1.72. The fraction of sp³-hybridized carbons (Fsp3) is 1.00. The summed E-state index contributed by atoms with van der Waals surface area (Å²) < 4.78 is 81.5. The Kier molecular flexibility index (Phi) is 25.4. The topological polar surface area (TPSA) is 120 Å². The average Bonchev–Trinajstić information content (AvgIpc) is 3.15. The monoisotopic (exact) mass is 751 g/mol. The smallest absolute Gasteiger partial charge is 0.186 e. The molecule has 3 aliphatic rings. The van der Waals surface area contributed by atoms with Crippen LogP contribution in [0.4, 0.5) is 0 Å². The number of hydrogen-bond donors (Lipinski definition) is 0. The van der Waals surface area contributed by atoms with E-state index in [4.69, 9.17) is 61.6 Å². The fourth-order valence-electron chi connectivity index (χ4n) is 6.85. The number of ether oxygens (including phenoxy) is 13. The van der Waals surface area contributed by atoms with Gasteiger partial charge in [-0.3, -0.25) is 0 Å². The van der Waals surface area contributed by atoms with Crippen LogP contribution in [0.1, 0.15) is 85.5 Å². The van der Waals surface area contributed by atoms with Crippen LogP contribution in [0.3, 0.4) is 0 Å². The molecule has 52 heavy (non-hydrogen) atoms. The number of rotatable bonds is 20. The summed E-state index contributed by atoms with van der Waals surface area (Å²) in [5, 5.41) is 0. The van der Waals surface area contributed by atoms with E-state index in [0.717, 1.165) is 64.4 Å². The third kappa shape index (κ3) is 15.9. The summed E-state index contributed by atoms with van der Waals surface area (Å²) >= 11 is 0. The first-order chi connectivity index (χ1) is 25.6. The predicted octanol–water partition coefficient (Wildman–Crippen LogP) is 4.98. The Morgan fingerprint density at radius 2 is 0.981 bits per heavy atom. The minimum Gasteiger partial charge on any atom is -0.381 e. The predicted molar refractivity (Wildman–Crippen MR) is 196 cm³/mol. The standard InChI is InChI=1S/C39H74O13/c1-7-11-15-44-28-30-27-31(40-5)34-36(33(30)46-17-13-9-3)49-24-20-43-22-26-51-38-37(50-25-21-42-19-23-48-34)35(47-18-14-10-4)32(52-39(38)41-6)29-45-16-12-8-2/h30-39H,7-29H2,1-6H3/t30-,31+,32-,33-,34+,35-,36+,37+,38-,39+/m1/s1. The van der Waals surface area contributed by atoms with Crippen molar-refractivity contribution in [3.8, 4) is 0 Å². The normalized spacial score (nSPS) is 33.1. The quantitative estimate of drug-likeness (QED) is 0.156. The summed E-state index contributed by atoms with van der Waals surface area (Å²) in [5.41, 5.74) is 0. The van der Waals surface area contributed by atoms with Crippen molar-refractivity contribution >= 4 is 0 Å². The lowest BCUT2D eigenvalue weighted by molar-refractivity contribution is -0.319. The van der Waals surface area contributed by atoms with Gasteiger partial charge in [0.15, 0.2) is 6.29 Å². The molecule has 0 aromatic rings. The largest absolute Gasteiger partial charge is 0.381 e. The third-order valence-electron chi connectivity index (χ3n) is 9.81. The van der Waals surface area contributed by atoms with Crippen LogP contribution in [0.2, 0.25) is 0 Å². The highest BCUT2D eigenvalue weighted by Gasteiger charge is 2.49. The lowest BCUT2D eigenvalue weighted by Crippen LogP contribution is -2.62. The maximum atomic E-state index is 6.58. The van der Waals surface area contributed by atoms with E-state index in [2.05, 4.69) is 27.7 Å². The summed E-state index contributed by atoms with van der Waals surface area (Å²) in [7, 11) is 3.36. The molecule has 0 spiro atoms. The molecule has 0 radical (unpaired) electrons. The molecule has 13 nitrogen and oxygen atoms in total. The Morgan fingerprint density at radius 1 is 0.500 bits per heavy atom. The molecule has 2 aliphatic heterocycles. The van der Waals surface area contributed by atoms with Gasteiger partial charge in [-0.25, -0.2) is 0 Å². The highest BCUT2D eigenvalue weighted by Crippen LogP contribution is 2.34. The molecule has 2 saturated heterocycles. The molecular formula is C39H74O13. The lowest BCUT2D eigenvalue weighted by atomic mass is 9.80. The first kappa shape index (κ1) is 45.9. The van der Waals surface area contributed by atoms with Crippen molar-refractivity contribution in [2.75, 3.05) is 107 Å². The molecule has 13 heteroatoms. The summed E-state index contributed by atoms with van der Waals surface area (Å²) in [5.74, 6) is 0.112. The van der Waals surface area contributed by atoms with Crippen molar-refractivity contribution in [3.05, 3.63) is 0 Å². The SMILES string of the molecule is CCCCOC[C@H]1C[C@H](OC)[C@@H]2OCCOCCO[C@@H]3[C@@H](OCCOCCO[C@H]2[C@@H]1OCCCC)[C@@H](OC)O[C@H](COCCCC)[C@H]3OCCCC. The van der Waals surface area contributed by atoms with Gasteiger partial charge in [-0.15, -0.1) is 0 Å². The van der Waals surface area contributed by atoms with Crippen molar-refractivity contribution < 1.29 is 61.6 Å². The van der Waals surface area contributed by atoms with E-state index in [0.29, 0.717) is 85.9 Å². The zero-order valence-electron chi connectivity index (χ0n) is 33.3. The van der Waals surface area contributed by atoms with Crippen LogP contribution < -0.4 is 0 Å². The summed E-state index contributed by atoms with van der Waals surface area (Å²) in [6.07, 6.45) is 5.35. The number of methoxy groups -OCH3 is 2. The van der Waals surface area contributed by atoms with Gasteiger partial charge in [-0.2, -0.15) is 0 Å². The first-order valence-electron chi connectivity index (χ1n) is 20.3. The molecule has 0 amide bonds. The van der Waals surface area contributed by atoms with Gasteiger partial charge < -0.3 is 61.6 Å². The average molecular weight is 751 g/mol. The Labute approximate surface area is 314 Å². The van der Waals surface area contributed by atoms with Gasteiger partial charge in [0.2, 0.25) is 0 Å². The fourth-order valence-corrected chi connectivity index (χ4v) is 6.85. The van der Waals surface area contributed by atoms with Crippen LogP contribution in [0.5, 0.6) is 0 Å². The number of fused-ring (bicyclic) bond motifs is 2. The van der Waals surface area contributed by atoms with Gasteiger partial charge >= 0.3 is 0 Å². The van der Waals surface area contributed by atoms with Crippen LogP contribution in [0, 0.1) is 5.92 Å². The van der Waals surface area contributed by atoms with Crippen LogP contribution >= 0.6 is 0 Å². The van der Waals surface area contributed by atoms with E-state index in [1.54, 1.807) is 14.2 Å². The van der Waals surface area contributed by atoms with Crippen LogP contribution in [0.15, 0.2) is 0 Å². The highest BCUT2D eigenvalue weighted by atomic mass is 16.7. The summed E-state index contributed by atoms with van der Waals surface area (Å²) in [6.45, 7) is 15.1. The molecule has 0 bridgehead atoms. The summed E-state index contributed by atoms with van der Waals surface area (Å²) in [6, 6.07) is 0. The lowest BCUT2D eigenvalue weighted by Gasteiger charge is -2.46. The summed E-state index contributed by atoms with van der Waals surface area (Å²) in [4.78, 5) is 0. The van der Waals surface area contributed by atoms with Gasteiger partial charge in [0, 0.05) is 46.6 Å². The maximum absolute atomic E-state index is 6.58. The molecular weight excluding hydrogens is 676 g/mol. The van der Waals surface area contributed by atoms with Crippen molar-refractivity contribution in [3.63, 3.8) is 0 Å². The van der Waals surface area contributed by atoms with Gasteiger partial charge in [-0.05, 0) is 32.1 Å². The molecule has 1 aliphatic carbocycles. The Hall–Kier alpha value is -0.520. The van der Waals surface area contributed by atoms with E-state index in [9.17, 15) is 0 Å². The van der Waals surface area contributed by atoms with E-state index in [-0.39, 0.29) is 36.4 Å². The molecule has 308 valence electrons. The van der Waals surface area contributed by atoms with Gasteiger partial charge in [0.25, 0.3) is 0 Å². The van der Waals surface area contributed by atoms with Crippen LogP contribution in [-0.4, -0.2) is 162 Å². The third-order valence-corrected chi connectivity index (χ3v) is 9.81. The van der Waals surface area contributed by atoms with Gasteiger partial charge in [0.05, 0.1) is 78.3 Å².